The van der Waals surface area contributed by atoms with Crippen LogP contribution in [0.15, 0.2) is 48.7 Å². The summed E-state index contributed by atoms with van der Waals surface area (Å²) < 4.78 is 0. The number of benzene rings is 1. The van der Waals surface area contributed by atoms with Gasteiger partial charge in [0.25, 0.3) is 5.91 Å². The Morgan fingerprint density at radius 2 is 1.95 bits per heavy atom. The van der Waals surface area contributed by atoms with Crippen molar-refractivity contribution in [2.24, 2.45) is 0 Å². The van der Waals surface area contributed by atoms with Gasteiger partial charge in [0.1, 0.15) is 5.82 Å². The molecule has 0 saturated heterocycles. The van der Waals surface area contributed by atoms with E-state index in [2.05, 4.69) is 10.3 Å². The maximum absolute atomic E-state index is 12.4. The van der Waals surface area contributed by atoms with E-state index in [-0.39, 0.29) is 5.91 Å². The lowest BCUT2D eigenvalue weighted by Gasteiger charge is -2.18. The standard InChI is InChI=1S/C15H17N3O/c1-16-14-13(9-6-10-17-14)15(19)18(2)11-12-7-4-3-5-8-12/h3-10H,11H2,1-2H3,(H,16,17). The first-order chi connectivity index (χ1) is 9.22. The van der Waals surface area contributed by atoms with E-state index in [1.807, 2.05) is 30.3 Å². The van der Waals surface area contributed by atoms with E-state index >= 15 is 0 Å². The van der Waals surface area contributed by atoms with E-state index in [1.165, 1.54) is 0 Å². The summed E-state index contributed by atoms with van der Waals surface area (Å²) in [4.78, 5) is 18.2. The molecule has 0 aliphatic heterocycles. The van der Waals surface area contributed by atoms with Crippen molar-refractivity contribution in [3.8, 4) is 0 Å². The van der Waals surface area contributed by atoms with Crippen LogP contribution in [-0.2, 0) is 6.54 Å². The van der Waals surface area contributed by atoms with Gasteiger partial charge in [-0.2, -0.15) is 0 Å². The highest BCUT2D eigenvalue weighted by atomic mass is 16.2. The third-order valence-corrected chi connectivity index (χ3v) is 2.88. The number of nitrogens with zero attached hydrogens (tertiary/aromatic N) is 2. The zero-order valence-corrected chi connectivity index (χ0v) is 11.1. The summed E-state index contributed by atoms with van der Waals surface area (Å²) in [6.45, 7) is 0.581. The lowest BCUT2D eigenvalue weighted by Crippen LogP contribution is -2.27. The predicted octanol–water partition coefficient (Wildman–Crippen LogP) is 2.40. The molecule has 0 aliphatic carbocycles. The topological polar surface area (TPSA) is 45.2 Å². The van der Waals surface area contributed by atoms with Crippen LogP contribution >= 0.6 is 0 Å². The fraction of sp³-hybridized carbons (Fsp3) is 0.200. The Bertz CT molecular complexity index is 554. The summed E-state index contributed by atoms with van der Waals surface area (Å²) in [6, 6.07) is 13.5. The normalized spacial score (nSPS) is 10.0. The molecule has 0 spiro atoms. The molecule has 4 nitrogen and oxygen atoms in total. The molecule has 1 amide bonds. The average Bonchev–Trinajstić information content (AvgIpc) is 2.47. The van der Waals surface area contributed by atoms with Crippen LogP contribution in [0.3, 0.4) is 0 Å². The molecule has 0 atom stereocenters. The largest absolute Gasteiger partial charge is 0.372 e. The van der Waals surface area contributed by atoms with Gasteiger partial charge >= 0.3 is 0 Å². The minimum atomic E-state index is -0.0405. The molecule has 1 N–H and O–H groups in total. The molecule has 2 rings (SSSR count). The van der Waals surface area contributed by atoms with Crippen LogP contribution in [0.1, 0.15) is 15.9 Å². The SMILES string of the molecule is CNc1ncccc1C(=O)N(C)Cc1ccccc1. The van der Waals surface area contributed by atoms with Gasteiger partial charge in [-0.15, -0.1) is 0 Å². The van der Waals surface area contributed by atoms with E-state index in [0.29, 0.717) is 17.9 Å². The Kier molecular flexibility index (Phi) is 4.13. The number of carbonyl (C=O) groups excluding carboxylic acids is 1. The summed E-state index contributed by atoms with van der Waals surface area (Å²) in [6.07, 6.45) is 1.67. The Labute approximate surface area is 113 Å². The highest BCUT2D eigenvalue weighted by Gasteiger charge is 2.15. The third kappa shape index (κ3) is 3.10. The van der Waals surface area contributed by atoms with Gasteiger partial charge in [-0.05, 0) is 17.7 Å². The summed E-state index contributed by atoms with van der Waals surface area (Å²) in [5, 5.41) is 2.94. The highest BCUT2D eigenvalue weighted by Crippen LogP contribution is 2.14. The van der Waals surface area contributed by atoms with Crippen LogP contribution in [0.5, 0.6) is 0 Å². The fourth-order valence-corrected chi connectivity index (χ4v) is 1.91. The molecule has 0 saturated carbocycles. The van der Waals surface area contributed by atoms with E-state index < -0.39 is 0 Å². The zero-order valence-electron chi connectivity index (χ0n) is 11.1. The number of nitrogens with one attached hydrogen (secondary N) is 1. The van der Waals surface area contributed by atoms with Crippen molar-refractivity contribution < 1.29 is 4.79 Å². The maximum atomic E-state index is 12.4. The first kappa shape index (κ1) is 13.1. The molecular weight excluding hydrogens is 238 g/mol. The number of aromatic nitrogens is 1. The molecule has 0 aliphatic rings. The number of carbonyl (C=O) groups is 1. The van der Waals surface area contributed by atoms with Crippen molar-refractivity contribution >= 4 is 11.7 Å². The van der Waals surface area contributed by atoms with E-state index in [0.717, 1.165) is 5.56 Å². The first-order valence-electron chi connectivity index (χ1n) is 6.14. The van der Waals surface area contributed by atoms with Gasteiger partial charge in [0.2, 0.25) is 0 Å². The van der Waals surface area contributed by atoms with Crippen LogP contribution < -0.4 is 5.32 Å². The summed E-state index contributed by atoms with van der Waals surface area (Å²) in [7, 11) is 3.55. The predicted molar refractivity (Wildman–Crippen MR) is 76.0 cm³/mol. The number of rotatable bonds is 4. The number of pyridine rings is 1. The molecule has 98 valence electrons. The Morgan fingerprint density at radius 3 is 2.63 bits per heavy atom. The number of amides is 1. The molecular formula is C15H17N3O. The van der Waals surface area contributed by atoms with Crippen LogP contribution in [0.25, 0.3) is 0 Å². The van der Waals surface area contributed by atoms with Gasteiger partial charge in [0.05, 0.1) is 5.56 Å². The summed E-state index contributed by atoms with van der Waals surface area (Å²) >= 11 is 0. The molecule has 19 heavy (non-hydrogen) atoms. The van der Waals surface area contributed by atoms with Crippen molar-refractivity contribution in [1.29, 1.82) is 0 Å². The van der Waals surface area contributed by atoms with Gasteiger partial charge in [-0.3, -0.25) is 4.79 Å². The van der Waals surface area contributed by atoms with Crippen LogP contribution in [0.4, 0.5) is 5.82 Å². The third-order valence-electron chi connectivity index (χ3n) is 2.88. The lowest BCUT2D eigenvalue weighted by atomic mass is 10.2. The fourth-order valence-electron chi connectivity index (χ4n) is 1.91. The molecule has 2 aromatic rings. The van der Waals surface area contributed by atoms with Crippen LogP contribution in [-0.4, -0.2) is 29.9 Å². The summed E-state index contributed by atoms with van der Waals surface area (Å²) in [5.41, 5.74) is 1.69. The second-order valence-corrected chi connectivity index (χ2v) is 4.30. The van der Waals surface area contributed by atoms with Gasteiger partial charge in [-0.1, -0.05) is 30.3 Å². The Morgan fingerprint density at radius 1 is 1.21 bits per heavy atom. The summed E-state index contributed by atoms with van der Waals surface area (Å²) in [5.74, 6) is 0.564. The van der Waals surface area contributed by atoms with Gasteiger partial charge < -0.3 is 10.2 Å². The van der Waals surface area contributed by atoms with Crippen molar-refractivity contribution in [1.82, 2.24) is 9.88 Å². The quantitative estimate of drug-likeness (QED) is 0.912. The molecule has 0 fully saturated rings. The van der Waals surface area contributed by atoms with Crippen molar-refractivity contribution in [2.75, 3.05) is 19.4 Å². The minimum Gasteiger partial charge on any atom is -0.372 e. The monoisotopic (exact) mass is 255 g/mol. The minimum absolute atomic E-state index is 0.0405. The van der Waals surface area contributed by atoms with Crippen molar-refractivity contribution in [2.45, 2.75) is 6.54 Å². The van der Waals surface area contributed by atoms with Gasteiger partial charge in [-0.25, -0.2) is 4.98 Å². The molecule has 0 unspecified atom stereocenters. The Balaban J connectivity index is 2.15. The molecule has 1 heterocycles. The molecule has 1 aromatic heterocycles. The maximum Gasteiger partial charge on any atom is 0.257 e. The second-order valence-electron chi connectivity index (χ2n) is 4.30. The average molecular weight is 255 g/mol. The van der Waals surface area contributed by atoms with E-state index in [4.69, 9.17) is 0 Å². The smallest absolute Gasteiger partial charge is 0.257 e. The highest BCUT2D eigenvalue weighted by molar-refractivity contribution is 5.98. The first-order valence-corrected chi connectivity index (χ1v) is 6.14. The van der Waals surface area contributed by atoms with Crippen molar-refractivity contribution in [3.05, 3.63) is 59.8 Å². The van der Waals surface area contributed by atoms with Crippen LogP contribution in [0, 0.1) is 0 Å². The molecule has 4 heteroatoms. The zero-order chi connectivity index (χ0) is 13.7. The number of hydrogen-bond acceptors (Lipinski definition) is 3. The van der Waals surface area contributed by atoms with E-state index in [9.17, 15) is 4.79 Å². The second kappa shape index (κ2) is 6.00. The Hall–Kier alpha value is -2.36. The number of hydrogen-bond donors (Lipinski definition) is 1. The van der Waals surface area contributed by atoms with Gasteiger partial charge in [0.15, 0.2) is 0 Å². The van der Waals surface area contributed by atoms with E-state index in [1.54, 1.807) is 37.3 Å². The van der Waals surface area contributed by atoms with Crippen molar-refractivity contribution in [3.63, 3.8) is 0 Å². The molecule has 1 aromatic carbocycles. The molecule has 0 bridgehead atoms. The van der Waals surface area contributed by atoms with Crippen LogP contribution in [0.2, 0.25) is 0 Å². The number of anilines is 1. The van der Waals surface area contributed by atoms with Gasteiger partial charge in [0, 0.05) is 26.8 Å². The lowest BCUT2D eigenvalue weighted by molar-refractivity contribution is 0.0785. The molecule has 0 radical (unpaired) electrons.